The van der Waals surface area contributed by atoms with Gasteiger partial charge in [0.1, 0.15) is 30.2 Å². The minimum absolute atomic E-state index is 0.0789. The van der Waals surface area contributed by atoms with Gasteiger partial charge in [-0.25, -0.2) is 19.5 Å². The molecule has 3 heterocycles. The molecule has 0 amide bonds. The van der Waals surface area contributed by atoms with Crippen molar-refractivity contribution in [1.29, 1.82) is 0 Å². The van der Waals surface area contributed by atoms with Gasteiger partial charge in [0.25, 0.3) is 0 Å². The number of hydrogen-bond acceptors (Lipinski definition) is 12. The van der Waals surface area contributed by atoms with E-state index in [2.05, 4.69) is 23.4 Å². The Bertz CT molecular complexity index is 997. The number of imidazole rings is 1. The zero-order valence-electron chi connectivity index (χ0n) is 13.1. The van der Waals surface area contributed by atoms with Gasteiger partial charge in [-0.3, -0.25) is 13.6 Å². The first-order valence-corrected chi connectivity index (χ1v) is 9.95. The number of fused-ring (bicyclic) bond motifs is 1. The molecule has 1 aliphatic heterocycles. The minimum Gasteiger partial charge on any atom is -0.387 e. The molecule has 0 aromatic carbocycles. The third kappa shape index (κ3) is 4.23. The molecule has 3 rings (SSSR count). The van der Waals surface area contributed by atoms with Gasteiger partial charge in [0.05, 0.1) is 12.9 Å². The molecular formula is C10H14N5O10PS. The van der Waals surface area contributed by atoms with Crippen LogP contribution in [0.15, 0.2) is 12.7 Å². The van der Waals surface area contributed by atoms with E-state index in [1.54, 1.807) is 0 Å². The summed E-state index contributed by atoms with van der Waals surface area (Å²) < 4.78 is 55.3. The first kappa shape index (κ1) is 20.0. The summed E-state index contributed by atoms with van der Waals surface area (Å²) in [5.41, 5.74) is 6.08. The number of hydrogen-bond donors (Lipinski definition) is 5. The minimum atomic E-state index is -5.26. The second-order valence-corrected chi connectivity index (χ2v) is 8.04. The van der Waals surface area contributed by atoms with Gasteiger partial charge in [-0.15, -0.1) is 3.97 Å². The van der Waals surface area contributed by atoms with E-state index in [9.17, 15) is 28.1 Å². The lowest BCUT2D eigenvalue weighted by Crippen LogP contribution is -2.33. The number of nitrogen functional groups attached to an aromatic ring is 1. The predicted octanol–water partition coefficient (Wildman–Crippen LogP) is -2.04. The van der Waals surface area contributed by atoms with Crippen molar-refractivity contribution in [2.45, 2.75) is 24.5 Å². The average molecular weight is 427 g/mol. The van der Waals surface area contributed by atoms with Gasteiger partial charge < -0.3 is 25.6 Å². The van der Waals surface area contributed by atoms with Gasteiger partial charge >= 0.3 is 18.2 Å². The van der Waals surface area contributed by atoms with Gasteiger partial charge in [-0.1, -0.05) is 0 Å². The molecule has 2 aromatic rings. The Morgan fingerprint density at radius 3 is 2.67 bits per heavy atom. The summed E-state index contributed by atoms with van der Waals surface area (Å²) in [7, 11) is -10.5. The lowest BCUT2D eigenvalue weighted by atomic mass is 10.1. The van der Waals surface area contributed by atoms with Crippen LogP contribution < -0.4 is 5.73 Å². The van der Waals surface area contributed by atoms with Crippen molar-refractivity contribution in [3.63, 3.8) is 0 Å². The number of phosphoric ester groups is 1. The van der Waals surface area contributed by atoms with E-state index in [0.29, 0.717) is 0 Å². The fourth-order valence-corrected chi connectivity index (χ4v) is 3.92. The molecule has 1 aliphatic rings. The molecule has 1 saturated heterocycles. The smallest absolute Gasteiger partial charge is 0.387 e. The molecule has 150 valence electrons. The molecule has 6 N–H and O–H groups in total. The second kappa shape index (κ2) is 7.01. The molecule has 15 nitrogen and oxygen atoms in total. The molecular weight excluding hydrogens is 413 g/mol. The molecule has 0 aliphatic carbocycles. The first-order chi connectivity index (χ1) is 12.5. The van der Waals surface area contributed by atoms with Gasteiger partial charge in [0.15, 0.2) is 17.7 Å². The number of aromatic nitrogens is 4. The topological polar surface area (TPSA) is 229 Å². The molecule has 0 spiro atoms. The highest BCUT2D eigenvalue weighted by Crippen LogP contribution is 2.45. The molecule has 2 unspecified atom stereocenters. The molecule has 17 heteroatoms. The third-order valence-corrected chi connectivity index (χ3v) is 5.57. The second-order valence-electron chi connectivity index (χ2n) is 5.40. The summed E-state index contributed by atoms with van der Waals surface area (Å²) in [5.74, 6) is 0.0789. The van der Waals surface area contributed by atoms with Crippen molar-refractivity contribution in [3.05, 3.63) is 12.7 Å². The summed E-state index contributed by atoms with van der Waals surface area (Å²) in [6, 6.07) is 0. The predicted molar refractivity (Wildman–Crippen MR) is 84.1 cm³/mol. The van der Waals surface area contributed by atoms with Crippen LogP contribution >= 0.6 is 7.82 Å². The van der Waals surface area contributed by atoms with Gasteiger partial charge in [0.2, 0.25) is 0 Å². The van der Waals surface area contributed by atoms with Gasteiger partial charge in [0, 0.05) is 0 Å². The maximum absolute atomic E-state index is 11.4. The van der Waals surface area contributed by atoms with Crippen LogP contribution in [0.2, 0.25) is 0 Å². The van der Waals surface area contributed by atoms with Crippen LogP contribution in [0.1, 0.15) is 6.23 Å². The standard InChI is InChI=1S/C10H14N5O10PS/c11-8-5-9(13-2-12-8)15(3-14-5)10-7(17)6(16)4(24-10)1-23-26(18,19)25-27(20,21)22/h2-4,6-7,10,16-17H,1H2,(H,18,19)(H2,11,12,13)(H,20,21,22)/t4-,6?,7+,10-/m1/s1. The van der Waals surface area contributed by atoms with E-state index in [4.69, 9.17) is 15.0 Å². The van der Waals surface area contributed by atoms with Crippen LogP contribution in [-0.4, -0.2) is 72.5 Å². The van der Waals surface area contributed by atoms with Crippen LogP contribution in [0.5, 0.6) is 0 Å². The number of aliphatic hydroxyl groups is 2. The zero-order chi connectivity index (χ0) is 20.0. The number of ether oxygens (including phenoxy) is 1. The first-order valence-electron chi connectivity index (χ1n) is 7.09. The lowest BCUT2D eigenvalue weighted by Gasteiger charge is -2.16. The van der Waals surface area contributed by atoms with Gasteiger partial charge in [-0.05, 0) is 0 Å². The number of phosphoric acid groups is 1. The van der Waals surface area contributed by atoms with Crippen molar-refractivity contribution in [2.75, 3.05) is 12.3 Å². The van der Waals surface area contributed by atoms with E-state index in [1.807, 2.05) is 0 Å². The monoisotopic (exact) mass is 427 g/mol. The van der Waals surface area contributed by atoms with Crippen molar-refractivity contribution in [1.82, 2.24) is 19.5 Å². The number of anilines is 1. The summed E-state index contributed by atoms with van der Waals surface area (Å²) in [6.07, 6.45) is -3.29. The highest BCUT2D eigenvalue weighted by Gasteiger charge is 2.45. The van der Waals surface area contributed by atoms with Crippen molar-refractivity contribution < 1.29 is 45.9 Å². The Balaban J connectivity index is 1.76. The Morgan fingerprint density at radius 2 is 2.00 bits per heavy atom. The van der Waals surface area contributed by atoms with Gasteiger partial charge in [-0.2, -0.15) is 8.42 Å². The third-order valence-electron chi connectivity index (χ3n) is 3.59. The van der Waals surface area contributed by atoms with Crippen molar-refractivity contribution >= 4 is 35.2 Å². The van der Waals surface area contributed by atoms with Crippen molar-refractivity contribution in [2.24, 2.45) is 0 Å². The van der Waals surface area contributed by atoms with Crippen LogP contribution in [-0.2, 0) is 28.2 Å². The number of aliphatic hydroxyl groups excluding tert-OH is 2. The molecule has 1 fully saturated rings. The molecule has 0 radical (unpaired) electrons. The molecule has 27 heavy (non-hydrogen) atoms. The Hall–Kier alpha value is -1.75. The number of nitrogens with zero attached hydrogens (tertiary/aromatic N) is 4. The zero-order valence-corrected chi connectivity index (χ0v) is 14.8. The fourth-order valence-electron chi connectivity index (χ4n) is 2.46. The maximum atomic E-state index is 11.4. The van der Waals surface area contributed by atoms with E-state index in [1.165, 1.54) is 10.9 Å². The fraction of sp³-hybridized carbons (Fsp3) is 0.500. The largest absolute Gasteiger partial charge is 0.488 e. The molecule has 0 saturated carbocycles. The quantitative estimate of drug-likeness (QED) is 0.247. The molecule has 2 aromatic heterocycles. The van der Waals surface area contributed by atoms with Crippen LogP contribution in [0.4, 0.5) is 5.82 Å². The SMILES string of the molecule is Nc1ncnc2c1ncn2[C@@H]1O[C@H](COP(=O)(O)OS(=O)(=O)O)C(O)[C@@H]1O. The maximum Gasteiger partial charge on any atom is 0.488 e. The van der Waals surface area contributed by atoms with E-state index in [-0.39, 0.29) is 17.0 Å². The summed E-state index contributed by atoms with van der Waals surface area (Å²) in [6.45, 7) is -0.845. The molecule has 5 atom stereocenters. The van der Waals surface area contributed by atoms with E-state index < -0.39 is 49.4 Å². The Kier molecular flexibility index (Phi) is 5.19. The molecule has 0 bridgehead atoms. The van der Waals surface area contributed by atoms with Crippen LogP contribution in [0.25, 0.3) is 11.2 Å². The summed E-state index contributed by atoms with van der Waals surface area (Å²) in [4.78, 5) is 20.9. The average Bonchev–Trinajstić information content (AvgIpc) is 3.07. The lowest BCUT2D eigenvalue weighted by molar-refractivity contribution is -0.0501. The number of rotatable bonds is 6. The summed E-state index contributed by atoms with van der Waals surface area (Å²) in [5, 5.41) is 20.2. The Morgan fingerprint density at radius 1 is 1.30 bits per heavy atom. The Labute approximate surface area is 150 Å². The van der Waals surface area contributed by atoms with Crippen LogP contribution in [0, 0.1) is 0 Å². The van der Waals surface area contributed by atoms with Crippen molar-refractivity contribution in [3.8, 4) is 0 Å². The number of nitrogens with two attached hydrogens (primary N) is 1. The normalized spacial score (nSPS) is 28.4. The summed E-state index contributed by atoms with van der Waals surface area (Å²) >= 11 is 0. The van der Waals surface area contributed by atoms with E-state index in [0.717, 1.165) is 6.33 Å². The van der Waals surface area contributed by atoms with E-state index >= 15 is 0 Å². The highest BCUT2D eigenvalue weighted by atomic mass is 32.3. The van der Waals surface area contributed by atoms with Crippen LogP contribution in [0.3, 0.4) is 0 Å². The highest BCUT2D eigenvalue weighted by molar-refractivity contribution is 7.85.